The molecule has 0 radical (unpaired) electrons. The maximum absolute atomic E-state index is 13.2. The van der Waals surface area contributed by atoms with Gasteiger partial charge in [0.1, 0.15) is 0 Å². The van der Waals surface area contributed by atoms with Crippen LogP contribution in [0.4, 0.5) is 16.2 Å². The summed E-state index contributed by atoms with van der Waals surface area (Å²) < 4.78 is 0. The largest absolute Gasteiger partial charge is 0.359 e. The Hall–Kier alpha value is -2.90. The van der Waals surface area contributed by atoms with Gasteiger partial charge in [-0.15, -0.1) is 0 Å². The molecule has 0 unspecified atom stereocenters. The smallest absolute Gasteiger partial charge is 0.329 e. The molecule has 1 aliphatic heterocycles. The average molecular weight is 411 g/mol. The van der Waals surface area contributed by atoms with E-state index < -0.39 is 17.7 Å². The summed E-state index contributed by atoms with van der Waals surface area (Å²) in [5.41, 5.74) is -0.951. The number of rotatable bonds is 9. The Morgan fingerprint density at radius 1 is 1.10 bits per heavy atom. The Kier molecular flexibility index (Phi) is 7.07. The summed E-state index contributed by atoms with van der Waals surface area (Å²) in [6.45, 7) is 4.43. The normalized spacial score (nSPS) is 18.1. The highest BCUT2D eigenvalue weighted by Gasteiger charge is 2.51. The van der Waals surface area contributed by atoms with E-state index in [0.29, 0.717) is 23.5 Å². The summed E-state index contributed by atoms with van der Waals surface area (Å²) in [5, 5.41) is 17.2. The van der Waals surface area contributed by atoms with Crippen LogP contribution in [-0.4, -0.2) is 48.6 Å². The van der Waals surface area contributed by atoms with Crippen molar-refractivity contribution in [1.29, 1.82) is 0 Å². The standard InChI is InChI=1S/C23H30N4O3/c1-3-4-16-26(2)17-10-15-24-21(28)23(30)19-13-8-9-14-20(19)25-22(29)27(23)18-11-6-5-7-12-18/h5-9,11-14,30H,3-4,10,15-17H2,1-2H3,(H,24,28)(H,25,29)/t23-/m1/s1. The van der Waals surface area contributed by atoms with E-state index in [1.54, 1.807) is 48.5 Å². The number of para-hydroxylation sites is 2. The Morgan fingerprint density at radius 3 is 2.50 bits per heavy atom. The number of fused-ring (bicyclic) bond motifs is 1. The molecule has 3 amide bonds. The van der Waals surface area contributed by atoms with E-state index in [1.165, 1.54) is 0 Å². The minimum atomic E-state index is -2.14. The summed E-state index contributed by atoms with van der Waals surface area (Å²) in [7, 11) is 2.06. The van der Waals surface area contributed by atoms with E-state index in [9.17, 15) is 14.7 Å². The van der Waals surface area contributed by atoms with Crippen LogP contribution in [0, 0.1) is 0 Å². The van der Waals surface area contributed by atoms with Crippen molar-refractivity contribution in [2.24, 2.45) is 0 Å². The van der Waals surface area contributed by atoms with Gasteiger partial charge in [0.05, 0.1) is 5.69 Å². The minimum absolute atomic E-state index is 0.339. The lowest BCUT2D eigenvalue weighted by Gasteiger charge is -2.42. The third-order valence-corrected chi connectivity index (χ3v) is 5.30. The second-order valence-corrected chi connectivity index (χ2v) is 7.59. The molecule has 160 valence electrons. The molecule has 0 fully saturated rings. The average Bonchev–Trinajstić information content (AvgIpc) is 2.75. The fourth-order valence-electron chi connectivity index (χ4n) is 3.65. The molecule has 1 aliphatic rings. The number of anilines is 2. The van der Waals surface area contributed by atoms with Crippen molar-refractivity contribution < 1.29 is 14.7 Å². The maximum Gasteiger partial charge on any atom is 0.329 e. The molecule has 0 saturated carbocycles. The zero-order chi connectivity index (χ0) is 21.6. The van der Waals surface area contributed by atoms with Crippen LogP contribution in [0.15, 0.2) is 54.6 Å². The number of hydrogen-bond donors (Lipinski definition) is 3. The highest BCUT2D eigenvalue weighted by Crippen LogP contribution is 2.39. The number of urea groups is 1. The fourth-order valence-corrected chi connectivity index (χ4v) is 3.65. The molecule has 7 heteroatoms. The zero-order valence-corrected chi connectivity index (χ0v) is 17.6. The topological polar surface area (TPSA) is 84.9 Å². The third-order valence-electron chi connectivity index (χ3n) is 5.30. The maximum atomic E-state index is 13.2. The number of amides is 3. The van der Waals surface area contributed by atoms with E-state index in [-0.39, 0.29) is 0 Å². The number of hydrogen-bond acceptors (Lipinski definition) is 4. The quantitative estimate of drug-likeness (QED) is 0.555. The van der Waals surface area contributed by atoms with Crippen molar-refractivity contribution in [3.05, 3.63) is 60.2 Å². The monoisotopic (exact) mass is 410 g/mol. The number of aliphatic hydroxyl groups is 1. The van der Waals surface area contributed by atoms with Gasteiger partial charge in [0.2, 0.25) is 0 Å². The summed E-state index contributed by atoms with van der Waals surface area (Å²) in [5.74, 6) is -0.620. The number of nitrogens with one attached hydrogen (secondary N) is 2. The first-order chi connectivity index (χ1) is 14.5. The van der Waals surface area contributed by atoms with E-state index in [1.807, 2.05) is 6.07 Å². The van der Waals surface area contributed by atoms with Gasteiger partial charge in [-0.05, 0) is 51.2 Å². The van der Waals surface area contributed by atoms with E-state index in [2.05, 4.69) is 29.5 Å². The molecule has 2 aromatic carbocycles. The van der Waals surface area contributed by atoms with Crippen LogP contribution in [0.25, 0.3) is 0 Å². The number of carbonyl (C=O) groups excluding carboxylic acids is 2. The lowest BCUT2D eigenvalue weighted by Crippen LogP contribution is -2.62. The number of unbranched alkanes of at least 4 members (excludes halogenated alkanes) is 1. The number of carbonyl (C=O) groups is 2. The molecular weight excluding hydrogens is 380 g/mol. The summed E-state index contributed by atoms with van der Waals surface area (Å²) in [6, 6.07) is 15.0. The third kappa shape index (κ3) is 4.47. The number of nitrogens with zero attached hydrogens (tertiary/aromatic N) is 2. The van der Waals surface area contributed by atoms with Crippen molar-refractivity contribution in [2.75, 3.05) is 36.9 Å². The molecule has 0 aliphatic carbocycles. The van der Waals surface area contributed by atoms with Crippen molar-refractivity contribution in [3.63, 3.8) is 0 Å². The first-order valence-electron chi connectivity index (χ1n) is 10.4. The molecule has 30 heavy (non-hydrogen) atoms. The first kappa shape index (κ1) is 21.8. The summed E-state index contributed by atoms with van der Waals surface area (Å²) in [6.07, 6.45) is 3.03. The van der Waals surface area contributed by atoms with E-state index in [4.69, 9.17) is 0 Å². The van der Waals surface area contributed by atoms with E-state index >= 15 is 0 Å². The second kappa shape index (κ2) is 9.73. The van der Waals surface area contributed by atoms with Gasteiger partial charge in [-0.2, -0.15) is 0 Å². The second-order valence-electron chi connectivity index (χ2n) is 7.59. The van der Waals surface area contributed by atoms with E-state index in [0.717, 1.165) is 37.3 Å². The summed E-state index contributed by atoms with van der Waals surface area (Å²) in [4.78, 5) is 29.4. The van der Waals surface area contributed by atoms with Crippen LogP contribution in [0.2, 0.25) is 0 Å². The summed E-state index contributed by atoms with van der Waals surface area (Å²) >= 11 is 0. The van der Waals surface area contributed by atoms with Gasteiger partial charge >= 0.3 is 6.03 Å². The molecule has 0 aromatic heterocycles. The first-order valence-corrected chi connectivity index (χ1v) is 10.4. The van der Waals surface area contributed by atoms with Gasteiger partial charge in [0.25, 0.3) is 11.6 Å². The van der Waals surface area contributed by atoms with Gasteiger partial charge in [-0.25, -0.2) is 4.79 Å². The van der Waals surface area contributed by atoms with Gasteiger partial charge in [0.15, 0.2) is 0 Å². The lowest BCUT2D eigenvalue weighted by molar-refractivity contribution is -0.140. The molecule has 2 aromatic rings. The van der Waals surface area contributed by atoms with Gasteiger partial charge in [-0.3, -0.25) is 9.69 Å². The van der Waals surface area contributed by atoms with Crippen molar-refractivity contribution in [2.45, 2.75) is 31.9 Å². The Balaban J connectivity index is 1.80. The van der Waals surface area contributed by atoms with Crippen molar-refractivity contribution >= 4 is 23.3 Å². The van der Waals surface area contributed by atoms with Crippen LogP contribution in [-0.2, 0) is 10.5 Å². The molecule has 0 spiro atoms. The highest BCUT2D eigenvalue weighted by molar-refractivity contribution is 6.11. The van der Waals surface area contributed by atoms with Gasteiger partial charge in [0, 0.05) is 17.8 Å². The molecule has 0 bridgehead atoms. The number of benzene rings is 2. The van der Waals surface area contributed by atoms with Crippen LogP contribution in [0.5, 0.6) is 0 Å². The van der Waals surface area contributed by atoms with Crippen LogP contribution in [0.1, 0.15) is 31.7 Å². The fraction of sp³-hybridized carbons (Fsp3) is 0.391. The van der Waals surface area contributed by atoms with Crippen molar-refractivity contribution in [1.82, 2.24) is 10.2 Å². The molecule has 1 heterocycles. The molecule has 0 saturated heterocycles. The lowest BCUT2D eigenvalue weighted by atomic mass is 9.95. The highest BCUT2D eigenvalue weighted by atomic mass is 16.3. The van der Waals surface area contributed by atoms with Gasteiger partial charge < -0.3 is 20.6 Å². The molecule has 3 N–H and O–H groups in total. The molecule has 3 rings (SSSR count). The van der Waals surface area contributed by atoms with Crippen molar-refractivity contribution in [3.8, 4) is 0 Å². The van der Waals surface area contributed by atoms with Gasteiger partial charge in [-0.1, -0.05) is 49.7 Å². The van der Waals surface area contributed by atoms with Crippen LogP contribution in [0.3, 0.4) is 0 Å². The Bertz CT molecular complexity index is 874. The minimum Gasteiger partial charge on any atom is -0.359 e. The Morgan fingerprint density at radius 2 is 1.77 bits per heavy atom. The molecule has 1 atom stereocenters. The molecular formula is C23H30N4O3. The van der Waals surface area contributed by atoms with Crippen LogP contribution >= 0.6 is 0 Å². The molecule has 7 nitrogen and oxygen atoms in total. The SMILES string of the molecule is CCCCN(C)CCCNC(=O)[C@]1(O)c2ccccc2NC(=O)N1c1ccccc1. The predicted octanol–water partition coefficient (Wildman–Crippen LogP) is 3.12. The zero-order valence-electron chi connectivity index (χ0n) is 17.6. The van der Waals surface area contributed by atoms with Crippen LogP contribution < -0.4 is 15.5 Å². The Labute approximate surface area is 177 Å². The predicted molar refractivity (Wildman–Crippen MR) is 118 cm³/mol.